The number of nitrogens with one attached hydrogen (secondary N) is 2. The third-order valence-electron chi connectivity index (χ3n) is 5.49. The Balaban J connectivity index is 1.54. The maximum atomic E-state index is 12.6. The minimum atomic E-state index is 0.0675. The highest BCUT2D eigenvalue weighted by Gasteiger charge is 2.20. The van der Waals surface area contributed by atoms with Crippen LogP contribution in [0.2, 0.25) is 0 Å². The van der Waals surface area contributed by atoms with Gasteiger partial charge >= 0.3 is 0 Å². The fraction of sp³-hybridized carbons (Fsp3) is 0.348. The lowest BCUT2D eigenvalue weighted by Gasteiger charge is -2.26. The van der Waals surface area contributed by atoms with Gasteiger partial charge in [0.1, 0.15) is 5.75 Å². The number of hydrogen-bond acceptors (Lipinski definition) is 4. The molecule has 1 fully saturated rings. The van der Waals surface area contributed by atoms with Gasteiger partial charge in [-0.25, -0.2) is 0 Å². The molecule has 2 N–H and O–H groups in total. The van der Waals surface area contributed by atoms with E-state index in [1.807, 2.05) is 30.0 Å². The number of aromatic nitrogens is 1. The molecule has 0 saturated carbocycles. The zero-order valence-electron chi connectivity index (χ0n) is 16.7. The summed E-state index contributed by atoms with van der Waals surface area (Å²) < 4.78 is 5.31. The van der Waals surface area contributed by atoms with E-state index in [1.54, 1.807) is 7.11 Å². The molecule has 0 radical (unpaired) electrons. The third-order valence-corrected chi connectivity index (χ3v) is 6.43. The molecular weight excluding hydrogens is 382 g/mol. The van der Waals surface area contributed by atoms with E-state index in [0.717, 1.165) is 41.4 Å². The minimum Gasteiger partial charge on any atom is -0.497 e. The van der Waals surface area contributed by atoms with Crippen molar-refractivity contribution in [1.82, 2.24) is 15.2 Å². The second kappa shape index (κ2) is 9.37. The summed E-state index contributed by atoms with van der Waals surface area (Å²) in [4.78, 5) is 18.2. The Kier molecular flexibility index (Phi) is 6.42. The van der Waals surface area contributed by atoms with Crippen molar-refractivity contribution < 1.29 is 9.53 Å². The largest absolute Gasteiger partial charge is 0.497 e. The monoisotopic (exact) mass is 409 g/mol. The number of hydrogen-bond donors (Lipinski definition) is 2. The van der Waals surface area contributed by atoms with Gasteiger partial charge in [-0.1, -0.05) is 30.3 Å². The molecule has 2 heterocycles. The van der Waals surface area contributed by atoms with Crippen LogP contribution in [0.5, 0.6) is 5.75 Å². The molecule has 152 valence electrons. The Hall–Kier alpha value is -2.44. The van der Waals surface area contributed by atoms with Crippen LogP contribution in [0.25, 0.3) is 10.9 Å². The maximum Gasteiger partial charge on any atom is 0.234 e. The quantitative estimate of drug-likeness (QED) is 0.627. The Morgan fingerprint density at radius 1 is 1.17 bits per heavy atom. The van der Waals surface area contributed by atoms with Gasteiger partial charge in [-0.15, -0.1) is 0 Å². The summed E-state index contributed by atoms with van der Waals surface area (Å²) in [5.41, 5.74) is 3.46. The lowest BCUT2D eigenvalue weighted by atomic mass is 9.90. The number of rotatable bonds is 7. The molecule has 1 aliphatic rings. The normalized spacial score (nSPS) is 15.9. The lowest BCUT2D eigenvalue weighted by molar-refractivity contribution is -0.122. The molecule has 3 aromatic rings. The van der Waals surface area contributed by atoms with Crippen LogP contribution >= 0.6 is 11.8 Å². The van der Waals surface area contributed by atoms with Crippen molar-refractivity contribution in [3.63, 3.8) is 0 Å². The van der Waals surface area contributed by atoms with Crippen molar-refractivity contribution in [2.75, 3.05) is 44.8 Å². The topological polar surface area (TPSA) is 57.4 Å². The zero-order chi connectivity index (χ0) is 20.1. The number of methoxy groups -OCH3 is 1. The van der Waals surface area contributed by atoms with Crippen molar-refractivity contribution in [2.24, 2.45) is 0 Å². The van der Waals surface area contributed by atoms with E-state index < -0.39 is 0 Å². The van der Waals surface area contributed by atoms with Crippen LogP contribution in [0.1, 0.15) is 17.0 Å². The van der Waals surface area contributed by atoms with Gasteiger partial charge in [-0.05, 0) is 29.3 Å². The Morgan fingerprint density at radius 3 is 2.69 bits per heavy atom. The van der Waals surface area contributed by atoms with Gasteiger partial charge in [-0.2, -0.15) is 11.8 Å². The van der Waals surface area contributed by atoms with Crippen LogP contribution < -0.4 is 10.1 Å². The molecule has 1 aliphatic heterocycles. The first-order valence-corrected chi connectivity index (χ1v) is 11.2. The Morgan fingerprint density at radius 2 is 1.93 bits per heavy atom. The number of carbonyl (C=O) groups excluding carboxylic acids is 1. The van der Waals surface area contributed by atoms with E-state index in [9.17, 15) is 4.79 Å². The standard InChI is InChI=1S/C23H27N3O2S/c1-28-18-8-6-17(7-9-18)20(21-15-24-22-5-3-2-4-19(21)22)14-25-23(27)16-26-10-12-29-13-11-26/h2-9,15,20,24H,10-14,16H2,1H3,(H,25,27). The second-order valence-electron chi connectivity index (χ2n) is 7.31. The van der Waals surface area contributed by atoms with Gasteiger partial charge in [0, 0.05) is 54.2 Å². The maximum absolute atomic E-state index is 12.6. The van der Waals surface area contributed by atoms with E-state index in [2.05, 4.69) is 51.7 Å². The van der Waals surface area contributed by atoms with Crippen LogP contribution in [0.4, 0.5) is 0 Å². The molecule has 1 saturated heterocycles. The van der Waals surface area contributed by atoms with Gasteiger partial charge < -0.3 is 15.0 Å². The highest BCUT2D eigenvalue weighted by molar-refractivity contribution is 7.99. The third kappa shape index (κ3) is 4.77. The number of H-pyrrole nitrogens is 1. The Bertz CT molecular complexity index is 948. The Labute approximate surface area is 175 Å². The average molecular weight is 410 g/mol. The van der Waals surface area contributed by atoms with E-state index in [0.29, 0.717) is 13.1 Å². The number of amides is 1. The van der Waals surface area contributed by atoms with Crippen LogP contribution in [0.3, 0.4) is 0 Å². The molecule has 1 aromatic heterocycles. The summed E-state index contributed by atoms with van der Waals surface area (Å²) in [6.07, 6.45) is 2.06. The smallest absolute Gasteiger partial charge is 0.234 e. The number of benzene rings is 2. The second-order valence-corrected chi connectivity index (χ2v) is 8.53. The van der Waals surface area contributed by atoms with E-state index >= 15 is 0 Å². The first kappa shape index (κ1) is 19.9. The first-order valence-electron chi connectivity index (χ1n) is 10.0. The zero-order valence-corrected chi connectivity index (χ0v) is 17.5. The van der Waals surface area contributed by atoms with Crippen molar-refractivity contribution in [2.45, 2.75) is 5.92 Å². The molecule has 1 amide bonds. The molecule has 1 atom stereocenters. The molecule has 29 heavy (non-hydrogen) atoms. The van der Waals surface area contributed by atoms with Gasteiger partial charge in [0.05, 0.1) is 13.7 Å². The first-order chi connectivity index (χ1) is 14.2. The number of nitrogens with zero attached hydrogens (tertiary/aromatic N) is 1. The van der Waals surface area contributed by atoms with Gasteiger partial charge in [0.15, 0.2) is 0 Å². The fourth-order valence-electron chi connectivity index (χ4n) is 3.86. The SMILES string of the molecule is COc1ccc(C(CNC(=O)CN2CCSCC2)c2c[nH]c3ccccc23)cc1. The van der Waals surface area contributed by atoms with Crippen molar-refractivity contribution in [3.05, 3.63) is 65.9 Å². The predicted octanol–water partition coefficient (Wildman–Crippen LogP) is 3.47. The fourth-order valence-corrected chi connectivity index (χ4v) is 4.84. The number of thioether (sulfide) groups is 1. The van der Waals surface area contributed by atoms with E-state index in [4.69, 9.17) is 4.74 Å². The molecule has 6 heteroatoms. The lowest BCUT2D eigenvalue weighted by Crippen LogP contribution is -2.42. The number of fused-ring (bicyclic) bond motifs is 1. The molecule has 1 unspecified atom stereocenters. The minimum absolute atomic E-state index is 0.0675. The van der Waals surface area contributed by atoms with Crippen LogP contribution in [-0.2, 0) is 4.79 Å². The summed E-state index contributed by atoms with van der Waals surface area (Å²) in [6.45, 7) is 3.02. The van der Waals surface area contributed by atoms with Gasteiger partial charge in [0.25, 0.3) is 0 Å². The van der Waals surface area contributed by atoms with Crippen molar-refractivity contribution in [3.8, 4) is 5.75 Å². The summed E-state index contributed by atoms with van der Waals surface area (Å²) in [6, 6.07) is 16.4. The predicted molar refractivity (Wildman–Crippen MR) is 120 cm³/mol. The molecule has 2 aromatic carbocycles. The number of carbonyl (C=O) groups is 1. The van der Waals surface area contributed by atoms with Crippen LogP contribution in [-0.4, -0.2) is 60.6 Å². The molecular formula is C23H27N3O2S. The van der Waals surface area contributed by atoms with E-state index in [1.165, 1.54) is 10.9 Å². The summed E-state index contributed by atoms with van der Waals surface area (Å²) in [5.74, 6) is 3.21. The molecule has 5 nitrogen and oxygen atoms in total. The highest BCUT2D eigenvalue weighted by atomic mass is 32.2. The van der Waals surface area contributed by atoms with Gasteiger partial charge in [0.2, 0.25) is 5.91 Å². The average Bonchev–Trinajstić information content (AvgIpc) is 3.19. The van der Waals surface area contributed by atoms with Gasteiger partial charge in [-0.3, -0.25) is 9.69 Å². The molecule has 4 rings (SSSR count). The molecule has 0 spiro atoms. The van der Waals surface area contributed by atoms with Crippen LogP contribution in [0, 0.1) is 0 Å². The summed E-state index contributed by atoms with van der Waals surface area (Å²) in [5, 5.41) is 4.37. The number of para-hydroxylation sites is 1. The number of ether oxygens (including phenoxy) is 1. The molecule has 0 aliphatic carbocycles. The van der Waals surface area contributed by atoms with Crippen LogP contribution in [0.15, 0.2) is 54.7 Å². The summed E-state index contributed by atoms with van der Waals surface area (Å²) >= 11 is 1.96. The van der Waals surface area contributed by atoms with E-state index in [-0.39, 0.29) is 11.8 Å². The van der Waals surface area contributed by atoms with Crippen molar-refractivity contribution in [1.29, 1.82) is 0 Å². The summed E-state index contributed by atoms with van der Waals surface area (Å²) in [7, 11) is 1.67. The highest BCUT2D eigenvalue weighted by Crippen LogP contribution is 2.31. The molecule has 0 bridgehead atoms. The van der Waals surface area contributed by atoms with Crippen molar-refractivity contribution >= 4 is 28.6 Å². The number of aromatic amines is 1.